The van der Waals surface area contributed by atoms with Crippen molar-refractivity contribution in [3.63, 3.8) is 0 Å². The Hall–Kier alpha value is -2.33. The minimum absolute atomic E-state index is 0.0308. The number of hydrogen-bond acceptors (Lipinski definition) is 2. The Morgan fingerprint density at radius 3 is 2.88 bits per heavy atom. The first-order valence-electron chi connectivity index (χ1n) is 4.49. The zero-order valence-corrected chi connectivity index (χ0v) is 8.33. The highest BCUT2D eigenvalue weighted by atomic mass is 19.1. The second-order valence-corrected chi connectivity index (χ2v) is 3.01. The summed E-state index contributed by atoms with van der Waals surface area (Å²) < 4.78 is 12.9. The molecule has 1 N–H and O–H groups in total. The first kappa shape index (κ1) is 11.7. The molecule has 3 nitrogen and oxygen atoms in total. The van der Waals surface area contributed by atoms with Gasteiger partial charge < -0.3 is 5.11 Å². The summed E-state index contributed by atoms with van der Waals surface area (Å²) in [6.45, 7) is 0. The molecule has 1 rings (SSSR count). The van der Waals surface area contributed by atoms with Gasteiger partial charge in [0.2, 0.25) is 0 Å². The Balaban J connectivity index is 3.05. The minimum atomic E-state index is -1.00. The van der Waals surface area contributed by atoms with E-state index < -0.39 is 11.8 Å². The molecule has 0 spiro atoms. The molecule has 4 heteroatoms. The van der Waals surface area contributed by atoms with Crippen LogP contribution in [0.2, 0.25) is 0 Å². The second-order valence-electron chi connectivity index (χ2n) is 3.01. The molecule has 0 aliphatic carbocycles. The summed E-state index contributed by atoms with van der Waals surface area (Å²) in [5, 5.41) is 16.9. The third-order valence-corrected chi connectivity index (χ3v) is 1.80. The van der Waals surface area contributed by atoms with E-state index in [4.69, 9.17) is 10.4 Å². The topological polar surface area (TPSA) is 61.1 Å². The van der Waals surface area contributed by atoms with Gasteiger partial charge in [-0.1, -0.05) is 17.9 Å². The lowest BCUT2D eigenvalue weighted by molar-refractivity contribution is -0.136. The molecule has 0 heterocycles. The van der Waals surface area contributed by atoms with Crippen molar-refractivity contribution in [2.45, 2.75) is 12.8 Å². The molecule has 0 atom stereocenters. The Kier molecular flexibility index (Phi) is 4.06. The molecular weight excluding hydrogens is 209 g/mol. The van der Waals surface area contributed by atoms with Crippen LogP contribution >= 0.6 is 0 Å². The molecule has 0 unspecified atom stereocenters. The van der Waals surface area contributed by atoms with Crippen LogP contribution in [0.5, 0.6) is 0 Å². The molecular formula is C12H8FNO2. The van der Waals surface area contributed by atoms with Gasteiger partial charge >= 0.3 is 5.97 Å². The molecule has 0 fully saturated rings. The summed E-state index contributed by atoms with van der Waals surface area (Å²) in [4.78, 5) is 10.5. The smallest absolute Gasteiger partial charge is 0.307 e. The van der Waals surface area contributed by atoms with E-state index in [2.05, 4.69) is 11.8 Å². The number of carboxylic acid groups (broad SMARTS) is 1. The van der Waals surface area contributed by atoms with Gasteiger partial charge in [-0.3, -0.25) is 4.79 Å². The van der Waals surface area contributed by atoms with E-state index in [9.17, 15) is 9.18 Å². The molecule has 1 aromatic rings. The first-order chi connectivity index (χ1) is 7.63. The molecule has 0 radical (unpaired) electrons. The van der Waals surface area contributed by atoms with E-state index in [1.54, 1.807) is 0 Å². The van der Waals surface area contributed by atoms with Crippen molar-refractivity contribution in [3.8, 4) is 17.9 Å². The van der Waals surface area contributed by atoms with E-state index in [0.717, 1.165) is 0 Å². The number of carbonyl (C=O) groups is 1. The largest absolute Gasteiger partial charge is 0.481 e. The Bertz CT molecular complexity index is 506. The Morgan fingerprint density at radius 1 is 1.50 bits per heavy atom. The summed E-state index contributed by atoms with van der Waals surface area (Å²) in [6.07, 6.45) is -0.181. The number of aliphatic carboxylic acids is 1. The van der Waals surface area contributed by atoms with Crippen molar-refractivity contribution in [1.82, 2.24) is 0 Å². The van der Waals surface area contributed by atoms with Crippen LogP contribution in [-0.4, -0.2) is 11.1 Å². The fourth-order valence-electron chi connectivity index (χ4n) is 1.16. The summed E-state index contributed by atoms with van der Waals surface area (Å²) >= 11 is 0. The van der Waals surface area contributed by atoms with Gasteiger partial charge in [-0.05, 0) is 17.7 Å². The molecule has 0 aliphatic heterocycles. The van der Waals surface area contributed by atoms with Crippen LogP contribution in [0.4, 0.5) is 4.39 Å². The van der Waals surface area contributed by atoms with Crippen molar-refractivity contribution in [3.05, 3.63) is 35.1 Å². The van der Waals surface area contributed by atoms with Gasteiger partial charge in [0.1, 0.15) is 5.82 Å². The summed E-state index contributed by atoms with van der Waals surface area (Å²) in [6, 6.07) is 5.58. The van der Waals surface area contributed by atoms with Crippen LogP contribution in [0.15, 0.2) is 18.2 Å². The molecule has 0 aliphatic rings. The van der Waals surface area contributed by atoms with Crippen LogP contribution in [0.3, 0.4) is 0 Å². The van der Waals surface area contributed by atoms with Gasteiger partial charge in [-0.2, -0.15) is 5.26 Å². The highest BCUT2D eigenvalue weighted by Gasteiger charge is 2.06. The summed E-state index contributed by atoms with van der Waals surface area (Å²) in [5.74, 6) is 3.62. The minimum Gasteiger partial charge on any atom is -0.481 e. The molecule has 0 aromatic heterocycles. The van der Waals surface area contributed by atoms with Crippen LogP contribution in [-0.2, 0) is 11.2 Å². The van der Waals surface area contributed by atoms with E-state index in [0.29, 0.717) is 11.1 Å². The zero-order chi connectivity index (χ0) is 12.0. The molecule has 0 amide bonds. The maximum absolute atomic E-state index is 12.9. The molecule has 16 heavy (non-hydrogen) atoms. The summed E-state index contributed by atoms with van der Waals surface area (Å²) in [7, 11) is 0. The lowest BCUT2D eigenvalue weighted by Gasteiger charge is -2.01. The quantitative estimate of drug-likeness (QED) is 0.767. The van der Waals surface area contributed by atoms with Crippen LogP contribution < -0.4 is 0 Å². The third-order valence-electron chi connectivity index (χ3n) is 1.80. The van der Waals surface area contributed by atoms with Crippen molar-refractivity contribution >= 4 is 5.97 Å². The van der Waals surface area contributed by atoms with Crippen molar-refractivity contribution in [2.24, 2.45) is 0 Å². The van der Waals surface area contributed by atoms with E-state index >= 15 is 0 Å². The van der Waals surface area contributed by atoms with Crippen LogP contribution in [0.25, 0.3) is 0 Å². The second kappa shape index (κ2) is 5.53. The normalized spacial score (nSPS) is 8.75. The van der Waals surface area contributed by atoms with Gasteiger partial charge in [-0.25, -0.2) is 4.39 Å². The van der Waals surface area contributed by atoms with E-state index in [1.165, 1.54) is 18.2 Å². The molecule has 0 bridgehead atoms. The predicted octanol–water partition coefficient (Wildman–Crippen LogP) is 1.72. The van der Waals surface area contributed by atoms with Gasteiger partial charge in [0.15, 0.2) is 0 Å². The standard InChI is InChI=1S/C12H8FNO2/c13-11-5-4-10(8-12(15)16)9(7-11)3-1-2-6-14/h4-5,7H,2,8H2,(H,15,16). The molecule has 1 aromatic carbocycles. The fraction of sp³-hybridized carbons (Fsp3) is 0.167. The number of nitriles is 1. The maximum atomic E-state index is 12.9. The lowest BCUT2D eigenvalue weighted by atomic mass is 10.0. The van der Waals surface area contributed by atoms with Crippen molar-refractivity contribution in [2.75, 3.05) is 0 Å². The lowest BCUT2D eigenvalue weighted by Crippen LogP contribution is -2.02. The monoisotopic (exact) mass is 217 g/mol. The SMILES string of the molecule is N#CCC#Cc1cc(F)ccc1CC(=O)O. The highest BCUT2D eigenvalue weighted by Crippen LogP contribution is 2.11. The number of rotatable bonds is 2. The van der Waals surface area contributed by atoms with Crippen LogP contribution in [0, 0.1) is 29.0 Å². The average Bonchev–Trinajstić information content (AvgIpc) is 2.22. The van der Waals surface area contributed by atoms with Gasteiger partial charge in [-0.15, -0.1) is 0 Å². The average molecular weight is 217 g/mol. The molecule has 80 valence electrons. The number of benzene rings is 1. The summed E-state index contributed by atoms with van der Waals surface area (Å²) in [5.41, 5.74) is 0.761. The van der Waals surface area contributed by atoms with Gasteiger partial charge in [0.05, 0.1) is 18.9 Å². The fourth-order valence-corrected chi connectivity index (χ4v) is 1.16. The molecule has 0 saturated heterocycles. The van der Waals surface area contributed by atoms with Crippen molar-refractivity contribution in [1.29, 1.82) is 5.26 Å². The predicted molar refractivity (Wildman–Crippen MR) is 54.8 cm³/mol. The van der Waals surface area contributed by atoms with E-state index in [-0.39, 0.29) is 12.8 Å². The van der Waals surface area contributed by atoms with Gasteiger partial charge in [0.25, 0.3) is 0 Å². The van der Waals surface area contributed by atoms with Gasteiger partial charge in [0, 0.05) is 5.56 Å². The number of carboxylic acids is 1. The number of nitrogens with zero attached hydrogens (tertiary/aromatic N) is 1. The Labute approximate surface area is 92.1 Å². The number of hydrogen-bond donors (Lipinski definition) is 1. The third kappa shape index (κ3) is 3.43. The Morgan fingerprint density at radius 2 is 2.25 bits per heavy atom. The van der Waals surface area contributed by atoms with Crippen molar-refractivity contribution < 1.29 is 14.3 Å². The van der Waals surface area contributed by atoms with Crippen LogP contribution in [0.1, 0.15) is 17.5 Å². The first-order valence-corrected chi connectivity index (χ1v) is 4.49. The molecule has 0 saturated carbocycles. The highest BCUT2D eigenvalue weighted by molar-refractivity contribution is 5.71. The zero-order valence-electron chi connectivity index (χ0n) is 8.33. The maximum Gasteiger partial charge on any atom is 0.307 e. The van der Waals surface area contributed by atoms with E-state index in [1.807, 2.05) is 6.07 Å². The number of halogens is 1.